The largest absolute Gasteiger partial charge is 0.395 e. The second-order valence-electron chi connectivity index (χ2n) is 4.38. The number of aliphatic hydroxyl groups is 1. The van der Waals surface area contributed by atoms with Crippen LogP contribution in [0.5, 0.6) is 0 Å². The first-order valence-corrected chi connectivity index (χ1v) is 5.53. The number of hydrogen-bond donors (Lipinski definition) is 2. The highest BCUT2D eigenvalue weighted by molar-refractivity contribution is 5.75. The molecule has 0 spiro atoms. The van der Waals surface area contributed by atoms with Crippen LogP contribution in [-0.4, -0.2) is 49.2 Å². The molecule has 0 bridgehead atoms. The predicted octanol–water partition coefficient (Wildman–Crippen LogP) is 0.461. The summed E-state index contributed by atoms with van der Waals surface area (Å²) in [6, 6.07) is 0.138. The van der Waals surface area contributed by atoms with Crippen molar-refractivity contribution in [2.45, 2.75) is 32.7 Å². The van der Waals surface area contributed by atoms with Crippen LogP contribution in [0, 0.1) is 5.92 Å². The Balaban J connectivity index is 3.57. The van der Waals surface area contributed by atoms with Crippen molar-refractivity contribution in [3.8, 4) is 0 Å². The zero-order valence-electron chi connectivity index (χ0n) is 10.3. The first kappa shape index (κ1) is 14.4. The highest BCUT2D eigenvalue weighted by Gasteiger charge is 2.11. The van der Waals surface area contributed by atoms with E-state index in [4.69, 9.17) is 5.11 Å². The molecule has 90 valence electrons. The molecule has 0 saturated carbocycles. The van der Waals surface area contributed by atoms with Crippen molar-refractivity contribution < 1.29 is 9.90 Å². The highest BCUT2D eigenvalue weighted by atomic mass is 16.3. The van der Waals surface area contributed by atoms with Gasteiger partial charge in [0, 0.05) is 26.6 Å². The fourth-order valence-corrected chi connectivity index (χ4v) is 1.26. The Morgan fingerprint density at radius 3 is 2.40 bits per heavy atom. The maximum atomic E-state index is 11.2. The van der Waals surface area contributed by atoms with Gasteiger partial charge in [-0.2, -0.15) is 0 Å². The first-order valence-electron chi connectivity index (χ1n) is 5.53. The Bertz CT molecular complexity index is 181. The molecule has 2 N–H and O–H groups in total. The lowest BCUT2D eigenvalue weighted by atomic mass is 10.1. The van der Waals surface area contributed by atoms with Crippen LogP contribution < -0.4 is 5.32 Å². The summed E-state index contributed by atoms with van der Waals surface area (Å²) < 4.78 is 0. The molecule has 0 aromatic carbocycles. The summed E-state index contributed by atoms with van der Waals surface area (Å²) in [4.78, 5) is 12.8. The van der Waals surface area contributed by atoms with Gasteiger partial charge in [-0.25, -0.2) is 0 Å². The number of aliphatic hydroxyl groups excluding tert-OH is 1. The Morgan fingerprint density at radius 1 is 1.40 bits per heavy atom. The van der Waals surface area contributed by atoms with Gasteiger partial charge in [0.15, 0.2) is 0 Å². The molecular formula is C11H24N2O2. The van der Waals surface area contributed by atoms with E-state index in [9.17, 15) is 4.79 Å². The molecule has 0 aliphatic carbocycles. The molecule has 0 aromatic heterocycles. The van der Waals surface area contributed by atoms with Crippen molar-refractivity contribution in [1.29, 1.82) is 0 Å². The van der Waals surface area contributed by atoms with Crippen molar-refractivity contribution in [3.63, 3.8) is 0 Å². The first-order chi connectivity index (χ1) is 6.99. The van der Waals surface area contributed by atoms with Crippen molar-refractivity contribution in [1.82, 2.24) is 10.2 Å². The van der Waals surface area contributed by atoms with Crippen LogP contribution in [0.3, 0.4) is 0 Å². The van der Waals surface area contributed by atoms with Crippen LogP contribution in [0.25, 0.3) is 0 Å². The molecule has 1 unspecified atom stereocenters. The number of carbonyl (C=O) groups excluding carboxylic acids is 1. The SMILES string of the molecule is CC(C)C(CO)NCCCC(=O)N(C)C. The summed E-state index contributed by atoms with van der Waals surface area (Å²) in [5.41, 5.74) is 0. The maximum absolute atomic E-state index is 11.2. The van der Waals surface area contributed by atoms with Crippen LogP contribution in [0.1, 0.15) is 26.7 Å². The number of hydrogen-bond acceptors (Lipinski definition) is 3. The number of carbonyl (C=O) groups is 1. The summed E-state index contributed by atoms with van der Waals surface area (Å²) in [6.45, 7) is 5.07. The van der Waals surface area contributed by atoms with E-state index in [1.807, 2.05) is 0 Å². The third-order valence-electron chi connectivity index (χ3n) is 2.47. The molecule has 1 amide bonds. The van der Waals surface area contributed by atoms with Crippen LogP contribution >= 0.6 is 0 Å². The smallest absolute Gasteiger partial charge is 0.222 e. The van der Waals surface area contributed by atoms with E-state index in [1.165, 1.54) is 0 Å². The molecule has 0 radical (unpaired) electrons. The average molecular weight is 216 g/mol. The summed E-state index contributed by atoms with van der Waals surface area (Å²) in [5.74, 6) is 0.571. The van der Waals surface area contributed by atoms with Crippen molar-refractivity contribution in [2.24, 2.45) is 5.92 Å². The van der Waals surface area contributed by atoms with Gasteiger partial charge in [0.05, 0.1) is 6.61 Å². The fraction of sp³-hybridized carbons (Fsp3) is 0.909. The van der Waals surface area contributed by atoms with Gasteiger partial charge in [0.1, 0.15) is 0 Å². The lowest BCUT2D eigenvalue weighted by Gasteiger charge is -2.20. The zero-order chi connectivity index (χ0) is 11.8. The van der Waals surface area contributed by atoms with Gasteiger partial charge in [0.2, 0.25) is 5.91 Å². The normalized spacial score (nSPS) is 12.9. The van der Waals surface area contributed by atoms with E-state index in [0.29, 0.717) is 12.3 Å². The number of nitrogens with one attached hydrogen (secondary N) is 1. The Morgan fingerprint density at radius 2 is 2.00 bits per heavy atom. The second-order valence-corrected chi connectivity index (χ2v) is 4.38. The fourth-order valence-electron chi connectivity index (χ4n) is 1.26. The minimum Gasteiger partial charge on any atom is -0.395 e. The number of amides is 1. The molecule has 1 atom stereocenters. The van der Waals surface area contributed by atoms with Crippen LogP contribution in [-0.2, 0) is 4.79 Å². The molecular weight excluding hydrogens is 192 g/mol. The van der Waals surface area contributed by atoms with Gasteiger partial charge in [-0.05, 0) is 18.9 Å². The van der Waals surface area contributed by atoms with E-state index in [-0.39, 0.29) is 18.6 Å². The second kappa shape index (κ2) is 7.65. The van der Waals surface area contributed by atoms with Crippen LogP contribution in [0.4, 0.5) is 0 Å². The third kappa shape index (κ3) is 6.47. The quantitative estimate of drug-likeness (QED) is 0.608. The van der Waals surface area contributed by atoms with Gasteiger partial charge < -0.3 is 15.3 Å². The van der Waals surface area contributed by atoms with E-state index in [0.717, 1.165) is 13.0 Å². The Kier molecular flexibility index (Phi) is 7.34. The van der Waals surface area contributed by atoms with E-state index in [1.54, 1.807) is 19.0 Å². The van der Waals surface area contributed by atoms with Crippen LogP contribution in [0.15, 0.2) is 0 Å². The average Bonchev–Trinajstić information content (AvgIpc) is 2.16. The summed E-state index contributed by atoms with van der Waals surface area (Å²) in [6.07, 6.45) is 1.39. The van der Waals surface area contributed by atoms with Crippen LogP contribution in [0.2, 0.25) is 0 Å². The monoisotopic (exact) mass is 216 g/mol. The number of rotatable bonds is 7. The summed E-state index contributed by atoms with van der Waals surface area (Å²) in [5, 5.41) is 12.3. The lowest BCUT2D eigenvalue weighted by Crippen LogP contribution is -2.37. The van der Waals surface area contributed by atoms with E-state index < -0.39 is 0 Å². The molecule has 15 heavy (non-hydrogen) atoms. The predicted molar refractivity (Wildman–Crippen MR) is 61.6 cm³/mol. The Labute approximate surface area is 92.7 Å². The zero-order valence-corrected chi connectivity index (χ0v) is 10.3. The molecule has 0 heterocycles. The van der Waals surface area contributed by atoms with Crippen molar-refractivity contribution in [3.05, 3.63) is 0 Å². The molecule has 0 aliphatic heterocycles. The third-order valence-corrected chi connectivity index (χ3v) is 2.47. The van der Waals surface area contributed by atoms with Gasteiger partial charge >= 0.3 is 0 Å². The van der Waals surface area contributed by atoms with Gasteiger partial charge in [-0.3, -0.25) is 4.79 Å². The standard InChI is InChI=1S/C11H24N2O2/c1-9(2)10(8-14)12-7-5-6-11(15)13(3)4/h9-10,12,14H,5-8H2,1-4H3. The van der Waals surface area contributed by atoms with E-state index >= 15 is 0 Å². The summed E-state index contributed by atoms with van der Waals surface area (Å²) in [7, 11) is 3.53. The van der Waals surface area contributed by atoms with Gasteiger partial charge in [0.25, 0.3) is 0 Å². The molecule has 0 fully saturated rings. The Hall–Kier alpha value is -0.610. The molecule has 0 aliphatic rings. The minimum atomic E-state index is 0.138. The van der Waals surface area contributed by atoms with Crippen molar-refractivity contribution >= 4 is 5.91 Å². The lowest BCUT2D eigenvalue weighted by molar-refractivity contribution is -0.128. The van der Waals surface area contributed by atoms with E-state index in [2.05, 4.69) is 19.2 Å². The highest BCUT2D eigenvalue weighted by Crippen LogP contribution is 2.01. The molecule has 4 nitrogen and oxygen atoms in total. The van der Waals surface area contributed by atoms with Gasteiger partial charge in [-0.15, -0.1) is 0 Å². The topological polar surface area (TPSA) is 52.6 Å². The van der Waals surface area contributed by atoms with Crippen molar-refractivity contribution in [2.75, 3.05) is 27.2 Å². The minimum absolute atomic E-state index is 0.138. The molecule has 0 rings (SSSR count). The maximum Gasteiger partial charge on any atom is 0.222 e. The number of nitrogens with zero attached hydrogens (tertiary/aromatic N) is 1. The van der Waals surface area contributed by atoms with Gasteiger partial charge in [-0.1, -0.05) is 13.8 Å². The molecule has 0 saturated heterocycles. The molecule has 4 heteroatoms. The summed E-state index contributed by atoms with van der Waals surface area (Å²) >= 11 is 0. The molecule has 0 aromatic rings.